The fraction of sp³-hybridized carbons (Fsp3) is 0.417. The Balaban J connectivity index is 2.28. The molecule has 0 radical (unpaired) electrons. The average molecular weight is 284 g/mol. The summed E-state index contributed by atoms with van der Waals surface area (Å²) in [6.45, 7) is 0.557. The molecule has 1 fully saturated rings. The molecule has 3 N–H and O–H groups in total. The number of aromatic nitrogens is 1. The molecule has 0 bridgehead atoms. The van der Waals surface area contributed by atoms with Crippen LogP contribution in [0.25, 0.3) is 0 Å². The summed E-state index contributed by atoms with van der Waals surface area (Å²) in [5.74, 6) is -0.457. The molecule has 1 aromatic rings. The van der Waals surface area contributed by atoms with Crippen LogP contribution in [-0.4, -0.2) is 40.1 Å². The van der Waals surface area contributed by atoms with Gasteiger partial charge >= 0.3 is 6.09 Å². The van der Waals surface area contributed by atoms with E-state index in [-0.39, 0.29) is 13.1 Å². The molecule has 19 heavy (non-hydrogen) atoms. The summed E-state index contributed by atoms with van der Waals surface area (Å²) >= 11 is 5.73. The molecule has 102 valence electrons. The number of hydrogen-bond donors (Lipinski definition) is 2. The number of hydrogen-bond acceptors (Lipinski definition) is 3. The van der Waals surface area contributed by atoms with Gasteiger partial charge in [0.25, 0.3) is 0 Å². The first-order chi connectivity index (χ1) is 8.95. The van der Waals surface area contributed by atoms with Crippen molar-refractivity contribution in [3.05, 3.63) is 29.0 Å². The van der Waals surface area contributed by atoms with Crippen molar-refractivity contribution >= 4 is 23.6 Å². The van der Waals surface area contributed by atoms with Crippen molar-refractivity contribution in [1.29, 1.82) is 0 Å². The van der Waals surface area contributed by atoms with Crippen LogP contribution in [0.4, 0.5) is 4.79 Å². The zero-order valence-corrected chi connectivity index (χ0v) is 10.9. The van der Waals surface area contributed by atoms with Crippen molar-refractivity contribution in [1.82, 2.24) is 9.88 Å². The minimum absolute atomic E-state index is 0.279. The van der Waals surface area contributed by atoms with E-state index >= 15 is 0 Å². The lowest BCUT2D eigenvalue weighted by molar-refractivity contribution is -0.125. The molecule has 7 heteroatoms. The highest BCUT2D eigenvalue weighted by Crippen LogP contribution is 2.35. The highest BCUT2D eigenvalue weighted by molar-refractivity contribution is 6.29. The first-order valence-electron chi connectivity index (χ1n) is 5.85. The molecule has 2 rings (SSSR count). The number of primary amides is 1. The van der Waals surface area contributed by atoms with Gasteiger partial charge in [-0.2, -0.15) is 0 Å². The summed E-state index contributed by atoms with van der Waals surface area (Å²) in [4.78, 5) is 28.0. The Morgan fingerprint density at radius 2 is 2.00 bits per heavy atom. The van der Waals surface area contributed by atoms with Crippen LogP contribution in [0.15, 0.2) is 18.3 Å². The van der Waals surface area contributed by atoms with Crippen molar-refractivity contribution in [3.63, 3.8) is 0 Å². The molecule has 0 unspecified atom stereocenters. The second-order valence-electron chi connectivity index (χ2n) is 4.59. The predicted molar refractivity (Wildman–Crippen MR) is 69.0 cm³/mol. The number of pyridine rings is 1. The molecule has 0 spiro atoms. The van der Waals surface area contributed by atoms with Crippen LogP contribution in [0.1, 0.15) is 18.4 Å². The largest absolute Gasteiger partial charge is 0.465 e. The molecule has 0 aliphatic carbocycles. The van der Waals surface area contributed by atoms with Crippen LogP contribution in [0.5, 0.6) is 0 Å². The Hall–Kier alpha value is -1.82. The molecule has 6 nitrogen and oxygen atoms in total. The topological polar surface area (TPSA) is 96.5 Å². The first-order valence-corrected chi connectivity index (χ1v) is 6.23. The molecular weight excluding hydrogens is 270 g/mol. The molecule has 0 saturated carbocycles. The zero-order chi connectivity index (χ0) is 14.0. The number of carbonyl (C=O) groups excluding carboxylic acids is 1. The summed E-state index contributed by atoms with van der Waals surface area (Å²) in [6.07, 6.45) is 1.27. The summed E-state index contributed by atoms with van der Waals surface area (Å²) in [7, 11) is 0. The molecule has 1 aliphatic rings. The van der Waals surface area contributed by atoms with E-state index in [4.69, 9.17) is 22.4 Å². The number of halogens is 1. The SMILES string of the molecule is NC(=O)C1(c2ccc(Cl)nc2)CCN(C(=O)O)CC1. The van der Waals surface area contributed by atoms with Gasteiger partial charge in [-0.1, -0.05) is 17.7 Å². The van der Waals surface area contributed by atoms with E-state index in [0.717, 1.165) is 0 Å². The maximum atomic E-state index is 11.8. The monoisotopic (exact) mass is 283 g/mol. The lowest BCUT2D eigenvalue weighted by atomic mass is 9.73. The van der Waals surface area contributed by atoms with Gasteiger partial charge in [-0.05, 0) is 24.5 Å². The zero-order valence-electron chi connectivity index (χ0n) is 10.2. The Kier molecular flexibility index (Phi) is 3.61. The van der Waals surface area contributed by atoms with Gasteiger partial charge in [0.2, 0.25) is 5.91 Å². The molecule has 2 heterocycles. The number of piperidine rings is 1. The maximum Gasteiger partial charge on any atom is 0.407 e. The van der Waals surface area contributed by atoms with Gasteiger partial charge in [0.05, 0.1) is 5.41 Å². The first kappa shape index (κ1) is 13.6. The molecular formula is C12H14ClN3O3. The third-order valence-corrected chi connectivity index (χ3v) is 3.86. The molecule has 1 aliphatic heterocycles. The molecule has 0 atom stereocenters. The van der Waals surface area contributed by atoms with Crippen molar-refractivity contribution in [3.8, 4) is 0 Å². The highest BCUT2D eigenvalue weighted by atomic mass is 35.5. The molecule has 1 saturated heterocycles. The van der Waals surface area contributed by atoms with Gasteiger partial charge in [0.1, 0.15) is 5.15 Å². The Morgan fingerprint density at radius 1 is 1.37 bits per heavy atom. The molecule has 2 amide bonds. The number of amides is 2. The second-order valence-corrected chi connectivity index (χ2v) is 4.97. The van der Waals surface area contributed by atoms with E-state index < -0.39 is 17.4 Å². The van der Waals surface area contributed by atoms with E-state index in [9.17, 15) is 9.59 Å². The van der Waals surface area contributed by atoms with Crippen molar-refractivity contribution in [2.24, 2.45) is 5.73 Å². The van der Waals surface area contributed by atoms with Crippen LogP contribution in [-0.2, 0) is 10.2 Å². The van der Waals surface area contributed by atoms with Crippen molar-refractivity contribution in [2.45, 2.75) is 18.3 Å². The Bertz CT molecular complexity index is 495. The smallest absolute Gasteiger partial charge is 0.407 e. The Labute approximate surface area is 115 Å². The lowest BCUT2D eigenvalue weighted by Gasteiger charge is -2.38. The fourth-order valence-electron chi connectivity index (χ4n) is 2.42. The molecule has 0 aromatic carbocycles. The summed E-state index contributed by atoms with van der Waals surface area (Å²) in [5, 5.41) is 9.27. The van der Waals surface area contributed by atoms with Crippen LogP contribution >= 0.6 is 11.6 Å². The van der Waals surface area contributed by atoms with Crippen LogP contribution in [0.2, 0.25) is 5.15 Å². The summed E-state index contributed by atoms with van der Waals surface area (Å²) in [6, 6.07) is 3.32. The quantitative estimate of drug-likeness (QED) is 0.798. The summed E-state index contributed by atoms with van der Waals surface area (Å²) < 4.78 is 0. The lowest BCUT2D eigenvalue weighted by Crippen LogP contribution is -2.51. The van der Waals surface area contributed by atoms with Gasteiger partial charge in [-0.3, -0.25) is 4.79 Å². The standard InChI is InChI=1S/C12H14ClN3O3/c13-9-2-1-8(7-15-9)12(10(14)17)3-5-16(6-4-12)11(18)19/h1-2,7H,3-6H2,(H2,14,17)(H,18,19). The van der Waals surface area contributed by atoms with Gasteiger partial charge in [-0.15, -0.1) is 0 Å². The number of nitrogens with two attached hydrogens (primary N) is 1. The average Bonchev–Trinajstić information content (AvgIpc) is 2.39. The Morgan fingerprint density at radius 3 is 2.42 bits per heavy atom. The van der Waals surface area contributed by atoms with E-state index in [1.807, 2.05) is 0 Å². The van der Waals surface area contributed by atoms with Gasteiger partial charge in [0, 0.05) is 19.3 Å². The second kappa shape index (κ2) is 5.05. The van der Waals surface area contributed by atoms with E-state index in [0.29, 0.717) is 23.6 Å². The van der Waals surface area contributed by atoms with Gasteiger partial charge in [0.15, 0.2) is 0 Å². The van der Waals surface area contributed by atoms with E-state index in [1.54, 1.807) is 12.1 Å². The maximum absolute atomic E-state index is 11.8. The highest BCUT2D eigenvalue weighted by Gasteiger charge is 2.42. The predicted octanol–water partition coefficient (Wildman–Crippen LogP) is 1.23. The summed E-state index contributed by atoms with van der Waals surface area (Å²) in [5.41, 5.74) is 5.36. The normalized spacial score (nSPS) is 18.1. The number of nitrogens with zero attached hydrogens (tertiary/aromatic N) is 2. The third-order valence-electron chi connectivity index (χ3n) is 3.64. The van der Waals surface area contributed by atoms with Crippen LogP contribution < -0.4 is 5.73 Å². The van der Waals surface area contributed by atoms with E-state index in [2.05, 4.69) is 4.98 Å². The van der Waals surface area contributed by atoms with Crippen molar-refractivity contribution in [2.75, 3.05) is 13.1 Å². The number of carboxylic acid groups (broad SMARTS) is 1. The van der Waals surface area contributed by atoms with Crippen LogP contribution in [0.3, 0.4) is 0 Å². The third kappa shape index (κ3) is 2.49. The fourth-order valence-corrected chi connectivity index (χ4v) is 2.53. The number of likely N-dealkylation sites (tertiary alicyclic amines) is 1. The minimum Gasteiger partial charge on any atom is -0.465 e. The van der Waals surface area contributed by atoms with Gasteiger partial charge < -0.3 is 15.7 Å². The van der Waals surface area contributed by atoms with E-state index in [1.165, 1.54) is 11.1 Å². The number of rotatable bonds is 2. The van der Waals surface area contributed by atoms with Crippen molar-refractivity contribution < 1.29 is 14.7 Å². The molecule has 1 aromatic heterocycles. The van der Waals surface area contributed by atoms with Crippen LogP contribution in [0, 0.1) is 0 Å². The van der Waals surface area contributed by atoms with Gasteiger partial charge in [-0.25, -0.2) is 9.78 Å². The minimum atomic E-state index is -0.979. The number of carbonyl (C=O) groups is 2.